The second-order valence-corrected chi connectivity index (χ2v) is 11.1. The van der Waals surface area contributed by atoms with Gasteiger partial charge in [0.2, 0.25) is 6.71 Å². The van der Waals surface area contributed by atoms with Gasteiger partial charge in [0.05, 0.1) is 22.6 Å². The number of hydrogen-bond donors (Lipinski definition) is 0. The molecule has 0 amide bonds. The Kier molecular flexibility index (Phi) is 5.26. The fourth-order valence-electron chi connectivity index (χ4n) is 6.68. The van der Waals surface area contributed by atoms with Crippen LogP contribution in [-0.2, 0) is 0 Å². The summed E-state index contributed by atoms with van der Waals surface area (Å²) < 4.78 is 6.35. The highest BCUT2D eigenvalue weighted by molar-refractivity contribution is 6.99. The Labute approximate surface area is 250 Å². The minimum Gasteiger partial charge on any atom is -0.453 e. The Morgan fingerprint density at radius 3 is 2.09 bits per heavy atom. The van der Waals surface area contributed by atoms with Crippen molar-refractivity contribution in [1.29, 1.82) is 0 Å². The molecule has 0 unspecified atom stereocenters. The lowest BCUT2D eigenvalue weighted by atomic mass is 9.39. The molecule has 0 N–H and O–H groups in total. The number of hydrogen-bond acceptors (Lipinski definition) is 4. The van der Waals surface area contributed by atoms with Crippen molar-refractivity contribution in [1.82, 2.24) is 9.97 Å². The maximum absolute atomic E-state index is 6.35. The van der Waals surface area contributed by atoms with E-state index < -0.39 is 0 Å². The van der Waals surface area contributed by atoms with Crippen LogP contribution >= 0.6 is 0 Å². The number of anilines is 3. The predicted molar refractivity (Wildman–Crippen MR) is 176 cm³/mol. The summed E-state index contributed by atoms with van der Waals surface area (Å²) in [5.41, 5.74) is 12.4. The van der Waals surface area contributed by atoms with Crippen LogP contribution in [0.3, 0.4) is 0 Å². The highest BCUT2D eigenvalue weighted by Crippen LogP contribution is 2.50. The first-order valence-electron chi connectivity index (χ1n) is 14.5. The molecule has 0 spiro atoms. The summed E-state index contributed by atoms with van der Waals surface area (Å²) in [6.07, 6.45) is 3.72. The third kappa shape index (κ3) is 3.79. The van der Waals surface area contributed by atoms with Gasteiger partial charge in [-0.25, -0.2) is 4.98 Å². The molecule has 0 aliphatic carbocycles. The average Bonchev–Trinajstić information content (AvgIpc) is 3.39. The number of aromatic nitrogens is 2. The standard InChI is InChI=1S/C38H24BN3O/c1-4-12-33-26(9-1)23-32-38(41-33)30-10-2-3-11-31(30)39(32)28-21-27(25-17-19-40-20-18-25)22-29(24-28)42-34-13-5-7-15-36(34)43-37-16-8-6-14-35(37)42/h1-24H. The van der Waals surface area contributed by atoms with Gasteiger partial charge in [-0.3, -0.25) is 4.98 Å². The monoisotopic (exact) mass is 549 g/mol. The number of pyridine rings is 2. The summed E-state index contributed by atoms with van der Waals surface area (Å²) in [7, 11) is 0. The Morgan fingerprint density at radius 2 is 1.28 bits per heavy atom. The topological polar surface area (TPSA) is 38.2 Å². The van der Waals surface area contributed by atoms with Gasteiger partial charge in [-0.2, -0.15) is 0 Å². The van der Waals surface area contributed by atoms with Crippen LogP contribution in [0.1, 0.15) is 0 Å². The normalized spacial score (nSPS) is 12.7. The first kappa shape index (κ1) is 24.0. The molecule has 7 aromatic rings. The first-order valence-corrected chi connectivity index (χ1v) is 14.5. The largest absolute Gasteiger partial charge is 0.453 e. The third-order valence-electron chi connectivity index (χ3n) is 8.57. The van der Waals surface area contributed by atoms with Gasteiger partial charge in [0.1, 0.15) is 0 Å². The molecule has 0 saturated heterocycles. The van der Waals surface area contributed by atoms with Crippen LogP contribution in [0.5, 0.6) is 11.5 Å². The fourth-order valence-corrected chi connectivity index (χ4v) is 6.68. The molecule has 0 bridgehead atoms. The highest BCUT2D eigenvalue weighted by Gasteiger charge is 2.36. The van der Waals surface area contributed by atoms with Crippen LogP contribution in [-0.4, -0.2) is 16.7 Å². The van der Waals surface area contributed by atoms with Crippen LogP contribution in [0.25, 0.3) is 33.3 Å². The molecule has 9 rings (SSSR count). The van der Waals surface area contributed by atoms with Crippen molar-refractivity contribution in [2.45, 2.75) is 0 Å². The molecule has 2 aliphatic heterocycles. The molecule has 0 saturated carbocycles. The molecule has 5 aromatic carbocycles. The SMILES string of the molecule is c1ccc2c(c1)Oc1ccccc1N2c1cc(B2c3ccccc3-c3nc4ccccc4cc32)cc(-c2ccncc2)c1. The summed E-state index contributed by atoms with van der Waals surface area (Å²) in [4.78, 5) is 11.8. The van der Waals surface area contributed by atoms with Crippen molar-refractivity contribution in [2.75, 3.05) is 4.90 Å². The fraction of sp³-hybridized carbons (Fsp3) is 0. The van der Waals surface area contributed by atoms with E-state index in [4.69, 9.17) is 9.72 Å². The van der Waals surface area contributed by atoms with Crippen molar-refractivity contribution in [3.63, 3.8) is 0 Å². The molecule has 0 fully saturated rings. The minimum absolute atomic E-state index is 0.0374. The summed E-state index contributed by atoms with van der Waals surface area (Å²) in [5.74, 6) is 1.67. The van der Waals surface area contributed by atoms with E-state index in [-0.39, 0.29) is 6.71 Å². The van der Waals surface area contributed by atoms with Crippen LogP contribution in [0.4, 0.5) is 17.1 Å². The Hall–Kier alpha value is -5.68. The van der Waals surface area contributed by atoms with Crippen LogP contribution in [0.15, 0.2) is 146 Å². The molecular weight excluding hydrogens is 525 g/mol. The van der Waals surface area contributed by atoms with Gasteiger partial charge in [-0.1, -0.05) is 89.8 Å². The number of fused-ring (bicyclic) bond motifs is 6. The summed E-state index contributed by atoms with van der Waals surface area (Å²) in [5, 5.41) is 1.15. The summed E-state index contributed by atoms with van der Waals surface area (Å²) in [6, 6.07) is 47.1. The second-order valence-electron chi connectivity index (χ2n) is 11.1. The average molecular weight is 549 g/mol. The van der Waals surface area contributed by atoms with E-state index in [0.29, 0.717) is 0 Å². The molecule has 43 heavy (non-hydrogen) atoms. The van der Waals surface area contributed by atoms with Crippen molar-refractivity contribution in [3.05, 3.63) is 146 Å². The zero-order valence-corrected chi connectivity index (χ0v) is 23.2. The molecule has 0 atom stereocenters. The van der Waals surface area contributed by atoms with E-state index in [1.165, 1.54) is 22.0 Å². The van der Waals surface area contributed by atoms with E-state index in [1.807, 2.05) is 36.7 Å². The molecule has 2 aromatic heterocycles. The van der Waals surface area contributed by atoms with E-state index in [2.05, 4.69) is 119 Å². The zero-order valence-electron chi connectivity index (χ0n) is 23.2. The number of benzene rings is 5. The minimum atomic E-state index is 0.0374. The zero-order chi connectivity index (χ0) is 28.3. The molecular formula is C38H24BN3O. The molecule has 5 heteroatoms. The van der Waals surface area contributed by atoms with Crippen molar-refractivity contribution in [3.8, 4) is 33.9 Å². The van der Waals surface area contributed by atoms with E-state index >= 15 is 0 Å². The molecule has 2 aliphatic rings. The second kappa shape index (κ2) is 9.43. The van der Waals surface area contributed by atoms with Gasteiger partial charge < -0.3 is 9.64 Å². The first-order chi connectivity index (χ1) is 21.3. The smallest absolute Gasteiger partial charge is 0.245 e. The lowest BCUT2D eigenvalue weighted by Gasteiger charge is -2.33. The van der Waals surface area contributed by atoms with E-state index in [1.54, 1.807) is 0 Å². The van der Waals surface area contributed by atoms with Crippen LogP contribution < -0.4 is 26.0 Å². The van der Waals surface area contributed by atoms with Gasteiger partial charge in [0.25, 0.3) is 0 Å². The lowest BCUT2D eigenvalue weighted by Crippen LogP contribution is -2.49. The van der Waals surface area contributed by atoms with Gasteiger partial charge in [0.15, 0.2) is 11.5 Å². The van der Waals surface area contributed by atoms with Crippen LogP contribution in [0.2, 0.25) is 0 Å². The Morgan fingerprint density at radius 1 is 0.581 bits per heavy atom. The summed E-state index contributed by atoms with van der Waals surface area (Å²) >= 11 is 0. The summed E-state index contributed by atoms with van der Waals surface area (Å²) in [6.45, 7) is 0.0374. The van der Waals surface area contributed by atoms with E-state index in [0.717, 1.165) is 56.3 Å². The number of nitrogens with zero attached hydrogens (tertiary/aromatic N) is 3. The quantitative estimate of drug-likeness (QED) is 0.216. The van der Waals surface area contributed by atoms with Gasteiger partial charge >= 0.3 is 0 Å². The lowest BCUT2D eigenvalue weighted by molar-refractivity contribution is 0.477. The number of para-hydroxylation sites is 5. The van der Waals surface area contributed by atoms with Gasteiger partial charge in [-0.05, 0) is 82.1 Å². The highest BCUT2D eigenvalue weighted by atomic mass is 16.5. The molecule has 4 nitrogen and oxygen atoms in total. The number of rotatable bonds is 3. The van der Waals surface area contributed by atoms with Crippen molar-refractivity contribution >= 4 is 51.1 Å². The maximum atomic E-state index is 6.35. The molecule has 0 radical (unpaired) electrons. The Bertz CT molecular complexity index is 2150. The van der Waals surface area contributed by atoms with Crippen molar-refractivity contribution in [2.24, 2.45) is 0 Å². The van der Waals surface area contributed by atoms with Gasteiger partial charge in [-0.15, -0.1) is 0 Å². The Balaban J connectivity index is 1.32. The maximum Gasteiger partial charge on any atom is 0.245 e. The molecule has 200 valence electrons. The van der Waals surface area contributed by atoms with E-state index in [9.17, 15) is 0 Å². The molecule has 4 heterocycles. The van der Waals surface area contributed by atoms with Crippen molar-refractivity contribution < 1.29 is 4.74 Å². The predicted octanol–water partition coefficient (Wildman–Crippen LogP) is 7.37. The van der Waals surface area contributed by atoms with Crippen LogP contribution in [0, 0.1) is 0 Å². The third-order valence-corrected chi connectivity index (χ3v) is 8.57. The van der Waals surface area contributed by atoms with Gasteiger partial charge in [0, 0.05) is 18.1 Å². The number of ether oxygens (including phenoxy) is 1.